The van der Waals surface area contributed by atoms with E-state index in [1.54, 1.807) is 7.11 Å². The number of aromatic nitrogens is 2. The van der Waals surface area contributed by atoms with E-state index in [0.717, 1.165) is 56.9 Å². The lowest BCUT2D eigenvalue weighted by Gasteiger charge is -2.41. The van der Waals surface area contributed by atoms with E-state index < -0.39 is 5.60 Å². The van der Waals surface area contributed by atoms with Crippen LogP contribution in [0.5, 0.6) is 6.01 Å². The zero-order valence-electron chi connectivity index (χ0n) is 20.9. The number of hydrogen-bond acceptors (Lipinski definition) is 9. The Morgan fingerprint density at radius 1 is 1.20 bits per heavy atom. The minimum atomic E-state index is -0.730. The molecule has 0 radical (unpaired) electrons. The highest BCUT2D eigenvalue weighted by atomic mass is 16.5. The monoisotopic (exact) mass is 480 g/mol. The summed E-state index contributed by atoms with van der Waals surface area (Å²) in [5.41, 5.74) is 3.50. The van der Waals surface area contributed by atoms with Crippen LogP contribution in [0.4, 0.5) is 17.3 Å². The summed E-state index contributed by atoms with van der Waals surface area (Å²) in [7, 11) is 1.55. The van der Waals surface area contributed by atoms with E-state index in [2.05, 4.69) is 44.1 Å². The van der Waals surface area contributed by atoms with E-state index in [-0.39, 0.29) is 6.01 Å². The highest BCUT2D eigenvalue weighted by Crippen LogP contribution is 2.36. The molecule has 3 fully saturated rings. The van der Waals surface area contributed by atoms with Gasteiger partial charge >= 0.3 is 6.01 Å². The summed E-state index contributed by atoms with van der Waals surface area (Å²) in [5, 5.41) is 21.8. The standard InChI is InChI=1S/C26H36N6O3/c1-17-10-19(13-27)22(11-21(17)18-4-7-31(8-5-18)20-14-35-15-20)28-23-12-24(30-25(29-23)34-3)32-9-6-26(2,33)16-32/h10-13,18,20,27,33H,4-9,14-16H2,1-3H3,(H,28,29,30). The molecule has 9 nitrogen and oxygen atoms in total. The minimum Gasteiger partial charge on any atom is -0.467 e. The number of nitrogens with zero attached hydrogens (tertiary/aromatic N) is 4. The molecule has 5 rings (SSSR count). The fraction of sp³-hybridized carbons (Fsp3) is 0.577. The zero-order chi connectivity index (χ0) is 24.6. The van der Waals surface area contributed by atoms with Gasteiger partial charge in [0, 0.05) is 36.6 Å². The number of likely N-dealkylation sites (tertiary alicyclic amines) is 1. The predicted molar refractivity (Wildman–Crippen MR) is 137 cm³/mol. The minimum absolute atomic E-state index is 0.271. The van der Waals surface area contributed by atoms with Gasteiger partial charge < -0.3 is 30.2 Å². The molecule has 1 aromatic carbocycles. The molecule has 1 unspecified atom stereocenters. The summed E-state index contributed by atoms with van der Waals surface area (Å²) < 4.78 is 10.8. The van der Waals surface area contributed by atoms with Gasteiger partial charge in [-0.1, -0.05) is 0 Å². The van der Waals surface area contributed by atoms with E-state index in [1.807, 2.05) is 13.0 Å². The van der Waals surface area contributed by atoms with Crippen molar-refractivity contribution in [2.24, 2.45) is 0 Å². The Morgan fingerprint density at radius 3 is 2.57 bits per heavy atom. The van der Waals surface area contributed by atoms with Gasteiger partial charge in [0.25, 0.3) is 0 Å². The van der Waals surface area contributed by atoms with Crippen molar-refractivity contribution in [1.82, 2.24) is 14.9 Å². The third-order valence-electron chi connectivity index (χ3n) is 7.61. The number of aryl methyl sites for hydroxylation is 1. The Labute approximate surface area is 207 Å². The smallest absolute Gasteiger partial charge is 0.320 e. The van der Waals surface area contributed by atoms with Crippen LogP contribution in [0.2, 0.25) is 0 Å². The third-order valence-corrected chi connectivity index (χ3v) is 7.61. The van der Waals surface area contributed by atoms with Crippen molar-refractivity contribution in [2.45, 2.75) is 50.7 Å². The fourth-order valence-corrected chi connectivity index (χ4v) is 5.43. The maximum Gasteiger partial charge on any atom is 0.320 e. The van der Waals surface area contributed by atoms with Crippen molar-refractivity contribution in [1.29, 1.82) is 5.41 Å². The number of ether oxygens (including phenoxy) is 2. The molecular weight excluding hydrogens is 444 g/mol. The number of rotatable bonds is 7. The molecule has 0 saturated carbocycles. The van der Waals surface area contributed by atoms with Gasteiger partial charge in [0.2, 0.25) is 0 Å². The van der Waals surface area contributed by atoms with Crippen LogP contribution < -0.4 is 15.0 Å². The lowest BCUT2D eigenvalue weighted by Crippen LogP contribution is -2.51. The van der Waals surface area contributed by atoms with Crippen LogP contribution in [0.25, 0.3) is 0 Å². The molecule has 3 aliphatic heterocycles. The maximum atomic E-state index is 10.4. The number of piperidine rings is 1. The van der Waals surface area contributed by atoms with E-state index in [4.69, 9.17) is 14.9 Å². The van der Waals surface area contributed by atoms with Crippen LogP contribution in [0, 0.1) is 12.3 Å². The predicted octanol–water partition coefficient (Wildman–Crippen LogP) is 3.07. The van der Waals surface area contributed by atoms with E-state index in [1.165, 1.54) is 17.3 Å². The second kappa shape index (κ2) is 9.72. The van der Waals surface area contributed by atoms with Gasteiger partial charge in [0.1, 0.15) is 11.6 Å². The molecule has 0 spiro atoms. The molecule has 3 aliphatic rings. The van der Waals surface area contributed by atoms with Gasteiger partial charge in [-0.3, -0.25) is 4.90 Å². The third kappa shape index (κ3) is 5.12. The van der Waals surface area contributed by atoms with Gasteiger partial charge in [-0.05, 0) is 75.4 Å². The first-order chi connectivity index (χ1) is 16.8. The average molecular weight is 481 g/mol. The molecule has 3 N–H and O–H groups in total. The molecule has 0 aliphatic carbocycles. The van der Waals surface area contributed by atoms with E-state index in [9.17, 15) is 5.11 Å². The fourth-order valence-electron chi connectivity index (χ4n) is 5.43. The molecule has 35 heavy (non-hydrogen) atoms. The number of nitrogens with one attached hydrogen (secondary N) is 2. The van der Waals surface area contributed by atoms with E-state index >= 15 is 0 Å². The van der Waals surface area contributed by atoms with Gasteiger partial charge in [-0.2, -0.15) is 9.97 Å². The molecule has 2 aromatic rings. The van der Waals surface area contributed by atoms with Crippen LogP contribution in [0.15, 0.2) is 18.2 Å². The Kier molecular flexibility index (Phi) is 6.65. The number of methoxy groups -OCH3 is 1. The molecule has 1 aromatic heterocycles. The topological polar surface area (TPSA) is 107 Å². The Morgan fingerprint density at radius 2 is 1.97 bits per heavy atom. The van der Waals surface area contributed by atoms with Crippen LogP contribution in [-0.2, 0) is 4.74 Å². The molecule has 1 atom stereocenters. The lowest BCUT2D eigenvalue weighted by molar-refractivity contribution is -0.0712. The first-order valence-electron chi connectivity index (χ1n) is 12.5. The van der Waals surface area contributed by atoms with Crippen LogP contribution in [0.3, 0.4) is 0 Å². The van der Waals surface area contributed by atoms with Crippen LogP contribution in [0.1, 0.15) is 48.8 Å². The highest BCUT2D eigenvalue weighted by molar-refractivity contribution is 5.88. The number of β-amino-alcohol motifs (C(OH)–C–C–N with tert-alkyl or cyclic N) is 1. The Hall–Kier alpha value is -2.75. The summed E-state index contributed by atoms with van der Waals surface area (Å²) in [6.45, 7) is 9.15. The maximum absolute atomic E-state index is 10.4. The molecule has 0 amide bonds. The number of aliphatic hydroxyl groups is 1. The lowest BCUT2D eigenvalue weighted by atomic mass is 9.85. The van der Waals surface area contributed by atoms with E-state index in [0.29, 0.717) is 36.6 Å². The summed E-state index contributed by atoms with van der Waals surface area (Å²) in [6, 6.07) is 7.03. The normalized spacial score (nSPS) is 23.8. The Balaban J connectivity index is 1.39. The van der Waals surface area contributed by atoms with Crippen molar-refractivity contribution in [2.75, 3.05) is 56.7 Å². The van der Waals surface area contributed by atoms with Crippen molar-refractivity contribution in [3.05, 3.63) is 34.9 Å². The van der Waals surface area contributed by atoms with Crippen molar-refractivity contribution < 1.29 is 14.6 Å². The number of hydrogen-bond donors (Lipinski definition) is 3. The highest BCUT2D eigenvalue weighted by Gasteiger charge is 2.33. The summed E-state index contributed by atoms with van der Waals surface area (Å²) in [4.78, 5) is 13.6. The molecule has 4 heterocycles. The van der Waals surface area contributed by atoms with Gasteiger partial charge in [0.05, 0.1) is 32.0 Å². The van der Waals surface area contributed by atoms with Gasteiger partial charge in [-0.15, -0.1) is 0 Å². The molecule has 9 heteroatoms. The molecule has 0 bridgehead atoms. The van der Waals surface area contributed by atoms with Gasteiger partial charge in [-0.25, -0.2) is 0 Å². The molecule has 188 valence electrons. The largest absolute Gasteiger partial charge is 0.467 e. The quantitative estimate of drug-likeness (QED) is 0.519. The summed E-state index contributed by atoms with van der Waals surface area (Å²) in [6.07, 6.45) is 4.32. The van der Waals surface area contributed by atoms with Crippen LogP contribution >= 0.6 is 0 Å². The number of benzene rings is 1. The first-order valence-corrected chi connectivity index (χ1v) is 12.5. The SMILES string of the molecule is COc1nc(Nc2cc(C3CCN(C4COC4)CC3)c(C)cc2C=N)cc(N2CCC(C)(O)C2)n1. The first kappa shape index (κ1) is 24.0. The second-order valence-electron chi connectivity index (χ2n) is 10.3. The van der Waals surface area contributed by atoms with Crippen molar-refractivity contribution >= 4 is 23.5 Å². The summed E-state index contributed by atoms with van der Waals surface area (Å²) >= 11 is 0. The zero-order valence-corrected chi connectivity index (χ0v) is 20.9. The van der Waals surface area contributed by atoms with Crippen LogP contribution in [-0.4, -0.2) is 84.3 Å². The van der Waals surface area contributed by atoms with Crippen molar-refractivity contribution in [3.63, 3.8) is 0 Å². The second-order valence-corrected chi connectivity index (χ2v) is 10.3. The molecular formula is C26H36N6O3. The molecule has 3 saturated heterocycles. The Bertz CT molecular complexity index is 1080. The number of anilines is 3. The van der Waals surface area contributed by atoms with Gasteiger partial charge in [0.15, 0.2) is 0 Å². The average Bonchev–Trinajstić information content (AvgIpc) is 3.19. The summed E-state index contributed by atoms with van der Waals surface area (Å²) in [5.74, 6) is 1.82. The van der Waals surface area contributed by atoms with Crippen molar-refractivity contribution in [3.8, 4) is 6.01 Å².